The summed E-state index contributed by atoms with van der Waals surface area (Å²) in [5, 5.41) is 27.6. The van der Waals surface area contributed by atoms with Crippen LogP contribution >= 0.6 is 0 Å². The zero-order valence-corrected chi connectivity index (χ0v) is 12.0. The van der Waals surface area contributed by atoms with Gasteiger partial charge in [0.15, 0.2) is 0 Å². The van der Waals surface area contributed by atoms with Crippen LogP contribution in [-0.4, -0.2) is 23.3 Å². The first kappa shape index (κ1) is 14.9. The van der Waals surface area contributed by atoms with E-state index < -0.39 is 37.0 Å². The summed E-state index contributed by atoms with van der Waals surface area (Å²) in [7, 11) is -4.25. The maximum absolute atomic E-state index is 11.7. The monoisotopic (exact) mass is 335 g/mol. The van der Waals surface area contributed by atoms with E-state index in [9.17, 15) is 28.4 Å². The van der Waals surface area contributed by atoms with Gasteiger partial charge in [0.1, 0.15) is 0 Å². The fraction of sp³-hybridized carbons (Fsp3) is 0. The van der Waals surface area contributed by atoms with Crippen molar-refractivity contribution in [1.29, 1.82) is 0 Å². The zero-order chi connectivity index (χ0) is 16.9. The number of fused-ring (bicyclic) bond motifs is 3. The molecule has 0 aliphatic carbocycles. The van der Waals surface area contributed by atoms with Crippen molar-refractivity contribution in [2.24, 2.45) is 5.14 Å². The number of aromatic nitrogens is 2. The molecule has 118 valence electrons. The number of H-pyrrole nitrogens is 1. The molecule has 2 aromatic carbocycles. The number of rotatable bonds is 2. The number of sulfonamides is 1. The van der Waals surface area contributed by atoms with Crippen LogP contribution in [0, 0.1) is 10.1 Å². The number of hydrogen-bond acceptors (Lipinski definition) is 7. The van der Waals surface area contributed by atoms with Gasteiger partial charge in [0.25, 0.3) is 11.2 Å². The molecule has 0 radical (unpaired) electrons. The lowest BCUT2D eigenvalue weighted by molar-refractivity contribution is -0.383. The zero-order valence-electron chi connectivity index (χ0n) is 11.1. The number of nitro groups is 1. The molecular formula is C12H7N4O6S-. The number of nitrogens with one attached hydrogen (secondary N) is 1. The third-order valence-electron chi connectivity index (χ3n) is 3.23. The van der Waals surface area contributed by atoms with E-state index >= 15 is 0 Å². The Hall–Kier alpha value is -3.05. The smallest absolute Gasteiger partial charge is 0.280 e. The van der Waals surface area contributed by atoms with E-state index in [-0.39, 0.29) is 21.8 Å². The van der Waals surface area contributed by atoms with Gasteiger partial charge in [-0.3, -0.25) is 19.9 Å². The van der Waals surface area contributed by atoms with Crippen LogP contribution in [0.2, 0.25) is 0 Å². The van der Waals surface area contributed by atoms with E-state index in [1.54, 1.807) is 0 Å². The Bertz CT molecular complexity index is 1150. The van der Waals surface area contributed by atoms with Gasteiger partial charge in [-0.25, -0.2) is 13.6 Å². The van der Waals surface area contributed by atoms with Gasteiger partial charge in [0.05, 0.1) is 32.1 Å². The van der Waals surface area contributed by atoms with E-state index in [0.29, 0.717) is 0 Å². The van der Waals surface area contributed by atoms with Crippen LogP contribution in [0.3, 0.4) is 0 Å². The summed E-state index contributed by atoms with van der Waals surface area (Å²) in [6, 6.07) is 4.72. The number of nitrogens with two attached hydrogens (primary N) is 1. The maximum atomic E-state index is 11.7. The molecule has 23 heavy (non-hydrogen) atoms. The number of hydrogen-bond donors (Lipinski definition) is 2. The molecule has 0 fully saturated rings. The molecule has 0 aliphatic rings. The first-order valence-electron chi connectivity index (χ1n) is 6.04. The van der Waals surface area contributed by atoms with Crippen molar-refractivity contribution in [3.63, 3.8) is 0 Å². The van der Waals surface area contributed by atoms with Crippen LogP contribution < -0.4 is 15.8 Å². The second-order valence-electron chi connectivity index (χ2n) is 4.64. The fourth-order valence-electron chi connectivity index (χ4n) is 2.34. The minimum atomic E-state index is -4.25. The van der Waals surface area contributed by atoms with Gasteiger partial charge in [0, 0.05) is 11.5 Å². The molecule has 0 saturated carbocycles. The van der Waals surface area contributed by atoms with Gasteiger partial charge >= 0.3 is 0 Å². The van der Waals surface area contributed by atoms with Gasteiger partial charge in [0.2, 0.25) is 10.0 Å². The van der Waals surface area contributed by atoms with Crippen LogP contribution in [-0.2, 0) is 10.0 Å². The van der Waals surface area contributed by atoms with Crippen LogP contribution in [0.1, 0.15) is 0 Å². The summed E-state index contributed by atoms with van der Waals surface area (Å²) in [5.74, 6) is -1.09. The Morgan fingerprint density at radius 1 is 1.30 bits per heavy atom. The highest BCUT2D eigenvalue weighted by Gasteiger charge is 2.24. The molecule has 3 rings (SSSR count). The maximum Gasteiger partial charge on any atom is 0.280 e. The molecular weight excluding hydrogens is 328 g/mol. The van der Waals surface area contributed by atoms with Crippen molar-refractivity contribution in [1.82, 2.24) is 9.97 Å². The molecule has 1 aromatic heterocycles. The lowest BCUT2D eigenvalue weighted by Crippen LogP contribution is -2.16. The van der Waals surface area contributed by atoms with Crippen molar-refractivity contribution >= 4 is 37.5 Å². The number of benzene rings is 2. The topological polar surface area (TPSA) is 172 Å². The number of primary sulfonamides is 1. The summed E-state index contributed by atoms with van der Waals surface area (Å²) < 4.78 is 23.4. The molecule has 0 aliphatic heterocycles. The lowest BCUT2D eigenvalue weighted by Gasteiger charge is -2.10. The minimum absolute atomic E-state index is 0.0223. The van der Waals surface area contributed by atoms with Crippen molar-refractivity contribution < 1.29 is 18.4 Å². The Morgan fingerprint density at radius 2 is 2.00 bits per heavy atom. The molecule has 0 spiro atoms. The summed E-state index contributed by atoms with van der Waals surface area (Å²) >= 11 is 0. The molecule has 3 N–H and O–H groups in total. The molecule has 0 atom stereocenters. The highest BCUT2D eigenvalue weighted by molar-refractivity contribution is 7.89. The standard InChI is InChI=1S/C12H8N4O6S/c13-23(21,22)8-3-1-2-5-9(8)7(16(19)20)4-6-10(5)15-12(18)11(17)14-6/h1-4H,(H,14,17)(H,15,18)(H2,13,21,22)/p-1. The van der Waals surface area contributed by atoms with E-state index in [0.717, 1.165) is 12.1 Å². The molecule has 1 heterocycles. The quantitative estimate of drug-likeness (QED) is 0.367. The second-order valence-corrected chi connectivity index (χ2v) is 6.17. The highest BCUT2D eigenvalue weighted by Crippen LogP contribution is 2.35. The second kappa shape index (κ2) is 4.72. The Morgan fingerprint density at radius 3 is 2.61 bits per heavy atom. The molecule has 0 amide bonds. The largest absolute Gasteiger partial charge is 0.855 e. The SMILES string of the molecule is NS(=O)(=O)c1cccc2c1c([N+](=O)[O-])cc1[nH]c(=O)c([O-])nc12. The Labute approximate surface area is 127 Å². The number of nitro benzene ring substituents is 1. The van der Waals surface area contributed by atoms with Crippen LogP contribution in [0.25, 0.3) is 21.8 Å². The predicted octanol–water partition coefficient (Wildman–Crippen LogP) is -0.295. The average Bonchev–Trinajstić information content (AvgIpc) is 2.46. The third-order valence-corrected chi connectivity index (χ3v) is 4.19. The van der Waals surface area contributed by atoms with Gasteiger partial charge in [-0.1, -0.05) is 12.1 Å². The molecule has 3 aromatic rings. The molecule has 10 nitrogen and oxygen atoms in total. The predicted molar refractivity (Wildman–Crippen MR) is 77.3 cm³/mol. The van der Waals surface area contributed by atoms with Crippen molar-refractivity contribution in [2.45, 2.75) is 4.90 Å². The van der Waals surface area contributed by atoms with E-state index in [4.69, 9.17) is 5.14 Å². The first-order valence-corrected chi connectivity index (χ1v) is 7.59. The third kappa shape index (κ3) is 2.27. The van der Waals surface area contributed by atoms with Crippen molar-refractivity contribution in [3.8, 4) is 5.88 Å². The summed E-state index contributed by atoms with van der Waals surface area (Å²) in [5.41, 5.74) is -1.72. The van der Waals surface area contributed by atoms with E-state index in [1.807, 2.05) is 0 Å². The van der Waals surface area contributed by atoms with Gasteiger partial charge in [-0.2, -0.15) is 0 Å². The van der Waals surface area contributed by atoms with Gasteiger partial charge in [-0.15, -0.1) is 0 Å². The average molecular weight is 335 g/mol. The summed E-state index contributed by atoms with van der Waals surface area (Å²) in [6.45, 7) is 0. The van der Waals surface area contributed by atoms with Crippen LogP contribution in [0.4, 0.5) is 5.69 Å². The summed E-state index contributed by atoms with van der Waals surface area (Å²) in [4.78, 5) is 27.1. The van der Waals surface area contributed by atoms with E-state index in [1.165, 1.54) is 12.1 Å². The normalized spacial score (nSPS) is 11.9. The van der Waals surface area contributed by atoms with Crippen LogP contribution in [0.5, 0.6) is 5.88 Å². The van der Waals surface area contributed by atoms with Gasteiger partial charge in [-0.05, 0) is 6.07 Å². The van der Waals surface area contributed by atoms with E-state index in [2.05, 4.69) is 9.97 Å². The first-order chi connectivity index (χ1) is 10.7. The minimum Gasteiger partial charge on any atom is -0.855 e. The summed E-state index contributed by atoms with van der Waals surface area (Å²) in [6.07, 6.45) is 0. The molecule has 0 bridgehead atoms. The highest BCUT2D eigenvalue weighted by atomic mass is 32.2. The fourth-order valence-corrected chi connectivity index (χ4v) is 3.11. The van der Waals surface area contributed by atoms with Crippen molar-refractivity contribution in [3.05, 3.63) is 44.7 Å². The Balaban J connectivity index is 2.69. The number of non-ortho nitro benzene ring substituents is 1. The van der Waals surface area contributed by atoms with Crippen LogP contribution in [0.15, 0.2) is 34.0 Å². The molecule has 0 saturated heterocycles. The number of nitrogens with zero attached hydrogens (tertiary/aromatic N) is 2. The lowest BCUT2D eigenvalue weighted by atomic mass is 10.1. The Kier molecular flexibility index (Phi) is 3.05. The molecule has 11 heteroatoms. The molecule has 0 unspecified atom stereocenters. The van der Waals surface area contributed by atoms with Crippen molar-refractivity contribution in [2.75, 3.05) is 0 Å². The van der Waals surface area contributed by atoms with Gasteiger partial charge < -0.3 is 10.1 Å². The number of aromatic amines is 1.